The van der Waals surface area contributed by atoms with E-state index in [0.717, 1.165) is 18.7 Å². The average Bonchev–Trinajstić information content (AvgIpc) is 2.36. The van der Waals surface area contributed by atoms with Crippen molar-refractivity contribution in [1.29, 1.82) is 0 Å². The molecule has 1 heterocycles. The molecule has 2 N–H and O–H groups in total. The lowest BCUT2D eigenvalue weighted by Gasteiger charge is -2.41. The molecule has 1 unspecified atom stereocenters. The van der Waals surface area contributed by atoms with Crippen molar-refractivity contribution in [3.05, 3.63) is 33.8 Å². The van der Waals surface area contributed by atoms with Crippen LogP contribution in [0.4, 0.5) is 0 Å². The van der Waals surface area contributed by atoms with Crippen LogP contribution in [0.5, 0.6) is 0 Å². The molecule has 0 aliphatic carbocycles. The van der Waals surface area contributed by atoms with Gasteiger partial charge in [-0.2, -0.15) is 0 Å². The summed E-state index contributed by atoms with van der Waals surface area (Å²) in [5.74, 6) is 0. The van der Waals surface area contributed by atoms with Crippen LogP contribution in [0.1, 0.15) is 38.3 Å². The van der Waals surface area contributed by atoms with Crippen LogP contribution in [-0.2, 0) is 0 Å². The third kappa shape index (κ3) is 3.63. The van der Waals surface area contributed by atoms with Crippen molar-refractivity contribution >= 4 is 23.2 Å². The maximum atomic E-state index is 6.11. The first-order chi connectivity index (χ1) is 8.93. The van der Waals surface area contributed by atoms with Gasteiger partial charge in [-0.1, -0.05) is 43.1 Å². The van der Waals surface area contributed by atoms with E-state index in [-0.39, 0.29) is 6.04 Å². The molecule has 1 aliphatic heterocycles. The summed E-state index contributed by atoms with van der Waals surface area (Å²) in [4.78, 5) is 2.46. The monoisotopic (exact) mass is 300 g/mol. The lowest BCUT2D eigenvalue weighted by Crippen LogP contribution is -2.42. The number of benzene rings is 1. The first kappa shape index (κ1) is 15.1. The number of halogens is 2. The van der Waals surface area contributed by atoms with E-state index in [2.05, 4.69) is 18.7 Å². The number of nitrogens with two attached hydrogens (primary N) is 1. The van der Waals surface area contributed by atoms with Crippen LogP contribution >= 0.6 is 23.2 Å². The van der Waals surface area contributed by atoms with Crippen molar-refractivity contribution in [3.8, 4) is 0 Å². The van der Waals surface area contributed by atoms with Crippen LogP contribution in [0.25, 0.3) is 0 Å². The zero-order valence-corrected chi connectivity index (χ0v) is 13.1. The molecule has 2 rings (SSSR count). The van der Waals surface area contributed by atoms with E-state index in [4.69, 9.17) is 28.9 Å². The Labute approximate surface area is 125 Å². The van der Waals surface area contributed by atoms with E-state index >= 15 is 0 Å². The summed E-state index contributed by atoms with van der Waals surface area (Å²) in [6, 6.07) is 6.08. The lowest BCUT2D eigenvalue weighted by atomic mass is 9.82. The summed E-state index contributed by atoms with van der Waals surface area (Å²) in [6.45, 7) is 7.46. The number of likely N-dealkylation sites (tertiary alicyclic amines) is 1. The number of nitrogens with zero attached hydrogens (tertiary/aromatic N) is 1. The molecule has 19 heavy (non-hydrogen) atoms. The predicted octanol–water partition coefficient (Wildman–Crippen LogP) is 4.12. The largest absolute Gasteiger partial charge is 0.329 e. The molecule has 4 heteroatoms. The van der Waals surface area contributed by atoms with Crippen molar-refractivity contribution in [2.45, 2.75) is 32.7 Å². The number of rotatable bonds is 3. The lowest BCUT2D eigenvalue weighted by molar-refractivity contribution is 0.0964. The molecular weight excluding hydrogens is 279 g/mol. The van der Waals surface area contributed by atoms with Gasteiger partial charge in [-0.25, -0.2) is 0 Å². The first-order valence-electron chi connectivity index (χ1n) is 6.82. The van der Waals surface area contributed by atoms with Gasteiger partial charge in [0.15, 0.2) is 0 Å². The minimum atomic E-state index is 0.242. The Balaban J connectivity index is 2.14. The third-order valence-electron chi connectivity index (χ3n) is 4.14. The summed E-state index contributed by atoms with van der Waals surface area (Å²) < 4.78 is 0. The SMILES string of the molecule is CC1(C)CCN(C(CN)c2ccc(Cl)c(Cl)c2)CC1. The van der Waals surface area contributed by atoms with Crippen molar-refractivity contribution in [2.24, 2.45) is 11.1 Å². The first-order valence-corrected chi connectivity index (χ1v) is 7.57. The molecule has 1 saturated heterocycles. The van der Waals surface area contributed by atoms with Gasteiger partial charge >= 0.3 is 0 Å². The second-order valence-corrected chi connectivity index (χ2v) is 6.94. The van der Waals surface area contributed by atoms with Crippen LogP contribution in [0.15, 0.2) is 18.2 Å². The minimum Gasteiger partial charge on any atom is -0.329 e. The molecule has 1 fully saturated rings. The van der Waals surface area contributed by atoms with E-state index in [0.29, 0.717) is 22.0 Å². The van der Waals surface area contributed by atoms with Crippen LogP contribution < -0.4 is 5.73 Å². The quantitative estimate of drug-likeness (QED) is 0.910. The molecule has 0 spiro atoms. The summed E-state index contributed by atoms with van der Waals surface area (Å²) in [5, 5.41) is 1.20. The summed E-state index contributed by atoms with van der Waals surface area (Å²) in [5.41, 5.74) is 7.59. The highest BCUT2D eigenvalue weighted by Crippen LogP contribution is 2.34. The molecule has 1 atom stereocenters. The Hall–Kier alpha value is -0.280. The molecule has 0 aromatic heterocycles. The zero-order chi connectivity index (χ0) is 14.0. The fraction of sp³-hybridized carbons (Fsp3) is 0.600. The maximum absolute atomic E-state index is 6.11. The molecule has 0 radical (unpaired) electrons. The number of hydrogen-bond donors (Lipinski definition) is 1. The molecule has 106 valence electrons. The van der Waals surface area contributed by atoms with Gasteiger partial charge in [0.2, 0.25) is 0 Å². The van der Waals surface area contributed by atoms with Crippen molar-refractivity contribution in [1.82, 2.24) is 4.90 Å². The van der Waals surface area contributed by atoms with Gasteiger partial charge in [0.1, 0.15) is 0 Å². The molecule has 1 aromatic rings. The molecular formula is C15H22Cl2N2. The molecule has 0 bridgehead atoms. The third-order valence-corrected chi connectivity index (χ3v) is 4.88. The van der Waals surface area contributed by atoms with Crippen molar-refractivity contribution in [3.63, 3.8) is 0 Å². The van der Waals surface area contributed by atoms with Gasteiger partial charge < -0.3 is 5.73 Å². The summed E-state index contributed by atoms with van der Waals surface area (Å²) in [6.07, 6.45) is 2.43. The summed E-state index contributed by atoms with van der Waals surface area (Å²) in [7, 11) is 0. The van der Waals surface area contributed by atoms with E-state index in [9.17, 15) is 0 Å². The maximum Gasteiger partial charge on any atom is 0.0595 e. The minimum absolute atomic E-state index is 0.242. The topological polar surface area (TPSA) is 29.3 Å². The Morgan fingerprint density at radius 3 is 2.37 bits per heavy atom. The van der Waals surface area contributed by atoms with Crippen LogP contribution in [0.3, 0.4) is 0 Å². The molecule has 0 amide bonds. The van der Waals surface area contributed by atoms with Gasteiger partial charge in [0, 0.05) is 12.6 Å². The Kier molecular flexibility index (Phi) is 4.78. The Morgan fingerprint density at radius 1 is 1.21 bits per heavy atom. The van der Waals surface area contributed by atoms with Gasteiger partial charge in [-0.05, 0) is 49.0 Å². The Bertz CT molecular complexity index is 436. The smallest absolute Gasteiger partial charge is 0.0595 e. The van der Waals surface area contributed by atoms with Gasteiger partial charge in [-0.3, -0.25) is 4.90 Å². The normalized spacial score (nSPS) is 21.3. The van der Waals surface area contributed by atoms with E-state index in [1.54, 1.807) is 0 Å². The van der Waals surface area contributed by atoms with Gasteiger partial charge in [0.05, 0.1) is 10.0 Å². The van der Waals surface area contributed by atoms with Crippen LogP contribution in [-0.4, -0.2) is 24.5 Å². The summed E-state index contributed by atoms with van der Waals surface area (Å²) >= 11 is 12.1. The van der Waals surface area contributed by atoms with Crippen LogP contribution in [0.2, 0.25) is 10.0 Å². The van der Waals surface area contributed by atoms with Gasteiger partial charge in [0.25, 0.3) is 0 Å². The second-order valence-electron chi connectivity index (χ2n) is 6.13. The zero-order valence-electron chi connectivity index (χ0n) is 11.6. The van der Waals surface area contributed by atoms with E-state index in [1.807, 2.05) is 18.2 Å². The standard InChI is InChI=1S/C15H22Cl2N2/c1-15(2)5-7-19(8-6-15)14(10-18)11-3-4-12(16)13(17)9-11/h3-4,9,14H,5-8,10,18H2,1-2H3. The van der Waals surface area contributed by atoms with Crippen molar-refractivity contribution in [2.75, 3.05) is 19.6 Å². The highest BCUT2D eigenvalue weighted by molar-refractivity contribution is 6.42. The average molecular weight is 301 g/mol. The Morgan fingerprint density at radius 2 is 1.84 bits per heavy atom. The fourth-order valence-corrected chi connectivity index (χ4v) is 2.96. The van der Waals surface area contributed by atoms with Crippen molar-refractivity contribution < 1.29 is 0 Å². The number of hydrogen-bond acceptors (Lipinski definition) is 2. The van der Waals surface area contributed by atoms with Gasteiger partial charge in [-0.15, -0.1) is 0 Å². The highest BCUT2D eigenvalue weighted by Gasteiger charge is 2.29. The highest BCUT2D eigenvalue weighted by atomic mass is 35.5. The molecule has 2 nitrogen and oxygen atoms in total. The number of piperidine rings is 1. The molecule has 1 aromatic carbocycles. The molecule has 0 saturated carbocycles. The molecule has 1 aliphatic rings. The van der Waals surface area contributed by atoms with E-state index in [1.165, 1.54) is 12.8 Å². The predicted molar refractivity (Wildman–Crippen MR) is 82.8 cm³/mol. The fourth-order valence-electron chi connectivity index (χ4n) is 2.66. The van der Waals surface area contributed by atoms with Crippen LogP contribution in [0, 0.1) is 5.41 Å². The van der Waals surface area contributed by atoms with E-state index < -0.39 is 0 Å². The second kappa shape index (κ2) is 6.01.